The van der Waals surface area contributed by atoms with E-state index in [2.05, 4.69) is 15.0 Å². The van der Waals surface area contributed by atoms with Gasteiger partial charge in [0.05, 0.1) is 12.6 Å². The Balaban J connectivity index is 1.82. The van der Waals surface area contributed by atoms with Crippen LogP contribution in [0.1, 0.15) is 16.4 Å². The van der Waals surface area contributed by atoms with Crippen molar-refractivity contribution in [1.82, 2.24) is 9.55 Å². The van der Waals surface area contributed by atoms with Crippen molar-refractivity contribution in [2.45, 2.75) is 13.3 Å². The van der Waals surface area contributed by atoms with E-state index in [-0.39, 0.29) is 33.8 Å². The zero-order valence-electron chi connectivity index (χ0n) is 17.8. The van der Waals surface area contributed by atoms with Gasteiger partial charge in [-0.15, -0.1) is 13.2 Å². The molecule has 2 aromatic carbocycles. The molecule has 0 spiro atoms. The number of halogens is 3. The van der Waals surface area contributed by atoms with Crippen molar-refractivity contribution in [2.24, 2.45) is 5.73 Å². The summed E-state index contributed by atoms with van der Waals surface area (Å²) in [6.45, 7) is 1.51. The Morgan fingerprint density at radius 2 is 1.79 bits per heavy atom. The van der Waals surface area contributed by atoms with Gasteiger partial charge in [-0.1, -0.05) is 0 Å². The molecule has 34 heavy (non-hydrogen) atoms. The fourth-order valence-electron chi connectivity index (χ4n) is 3.37. The number of rotatable bonds is 5. The molecule has 12 heteroatoms. The number of nitrogens with one attached hydrogen (secondary N) is 1. The van der Waals surface area contributed by atoms with Crippen molar-refractivity contribution in [3.63, 3.8) is 0 Å². The molecule has 4 aromatic rings. The molecule has 0 saturated carbocycles. The Kier molecular flexibility index (Phi) is 5.65. The van der Waals surface area contributed by atoms with E-state index in [0.717, 1.165) is 12.1 Å². The van der Waals surface area contributed by atoms with Gasteiger partial charge in [0.15, 0.2) is 0 Å². The van der Waals surface area contributed by atoms with Crippen LogP contribution in [0.5, 0.6) is 11.5 Å². The summed E-state index contributed by atoms with van der Waals surface area (Å²) in [5.74, 6) is -1.01. The Morgan fingerprint density at radius 1 is 1.12 bits per heavy atom. The molecule has 0 atom stereocenters. The van der Waals surface area contributed by atoms with Gasteiger partial charge in [0.25, 0.3) is 5.89 Å². The summed E-state index contributed by atoms with van der Waals surface area (Å²) in [4.78, 5) is 28.6. The predicted molar refractivity (Wildman–Crippen MR) is 115 cm³/mol. The average molecular weight is 474 g/mol. The largest absolute Gasteiger partial charge is 0.573 e. The monoisotopic (exact) mass is 474 g/mol. The van der Waals surface area contributed by atoms with E-state index < -0.39 is 24.1 Å². The molecule has 2 amide bonds. The summed E-state index contributed by atoms with van der Waals surface area (Å²) < 4.78 is 53.9. The number of amides is 2. The van der Waals surface area contributed by atoms with Crippen molar-refractivity contribution >= 4 is 28.5 Å². The van der Waals surface area contributed by atoms with E-state index in [1.54, 1.807) is 24.3 Å². The van der Waals surface area contributed by atoms with E-state index >= 15 is 0 Å². The van der Waals surface area contributed by atoms with Gasteiger partial charge in [-0.3, -0.25) is 9.36 Å². The number of primary amides is 1. The maximum absolute atomic E-state index is 13.0. The molecule has 0 unspecified atom stereocenters. The van der Waals surface area contributed by atoms with E-state index in [4.69, 9.17) is 14.9 Å². The molecule has 3 N–H and O–H groups in total. The lowest BCUT2D eigenvalue weighted by Crippen LogP contribution is -2.18. The van der Waals surface area contributed by atoms with Gasteiger partial charge in [-0.05, 0) is 49.4 Å². The van der Waals surface area contributed by atoms with Gasteiger partial charge in [0, 0.05) is 22.8 Å². The molecule has 0 bridgehead atoms. The van der Waals surface area contributed by atoms with Gasteiger partial charge in [-0.2, -0.15) is 0 Å². The molecule has 0 aliphatic rings. The number of ether oxygens (including phenoxy) is 2. The van der Waals surface area contributed by atoms with E-state index in [1.807, 2.05) is 0 Å². The van der Waals surface area contributed by atoms with Gasteiger partial charge in [0.1, 0.15) is 23.0 Å². The van der Waals surface area contributed by atoms with Gasteiger partial charge < -0.3 is 24.9 Å². The predicted octanol–water partition coefficient (Wildman–Crippen LogP) is 4.69. The van der Waals surface area contributed by atoms with Crippen LogP contribution in [0, 0.1) is 6.92 Å². The highest BCUT2D eigenvalue weighted by Gasteiger charge is 2.31. The fourth-order valence-corrected chi connectivity index (χ4v) is 3.37. The first kappa shape index (κ1) is 22.7. The molecular weight excluding hydrogens is 457 g/mol. The van der Waals surface area contributed by atoms with Gasteiger partial charge in [0.2, 0.25) is 0 Å². The minimum atomic E-state index is -4.91. The van der Waals surface area contributed by atoms with Crippen LogP contribution in [0.2, 0.25) is 0 Å². The summed E-state index contributed by atoms with van der Waals surface area (Å²) in [6.07, 6.45) is -3.54. The number of oxazole rings is 1. The molecule has 0 radical (unpaired) electrons. The lowest BCUT2D eigenvalue weighted by Gasteiger charge is -2.10. The number of carbonyl (C=O) groups excluding carboxylic acids is 2. The number of fused-ring (bicyclic) bond motifs is 1. The second-order valence-electron chi connectivity index (χ2n) is 7.09. The molecule has 4 rings (SSSR count). The SMILES string of the molecule is COc1ccc(NC(=O)n2cc(-c3nc(C(N)=O)oc3C)c3cc(OC(F)(F)F)ccc32)cc1. The zero-order valence-corrected chi connectivity index (χ0v) is 17.8. The highest BCUT2D eigenvalue weighted by molar-refractivity contribution is 6.05. The van der Waals surface area contributed by atoms with Gasteiger partial charge >= 0.3 is 18.3 Å². The van der Waals surface area contributed by atoms with E-state index in [9.17, 15) is 22.8 Å². The summed E-state index contributed by atoms with van der Waals surface area (Å²) in [6, 6.07) is 9.47. The van der Waals surface area contributed by atoms with Crippen molar-refractivity contribution in [1.29, 1.82) is 0 Å². The molecule has 0 fully saturated rings. The Labute approximate surface area is 189 Å². The van der Waals surface area contributed by atoms with Crippen LogP contribution in [0.4, 0.5) is 23.7 Å². The van der Waals surface area contributed by atoms with Crippen LogP contribution in [0.15, 0.2) is 53.1 Å². The highest BCUT2D eigenvalue weighted by Crippen LogP contribution is 2.36. The number of nitrogens with two attached hydrogens (primary N) is 1. The van der Waals surface area contributed by atoms with Crippen LogP contribution >= 0.6 is 0 Å². The molecule has 0 aliphatic heterocycles. The second-order valence-corrected chi connectivity index (χ2v) is 7.09. The first-order chi connectivity index (χ1) is 16.1. The van der Waals surface area contributed by atoms with E-state index in [1.165, 1.54) is 30.9 Å². The minimum Gasteiger partial charge on any atom is -0.497 e. The number of nitrogens with zero attached hydrogens (tertiary/aromatic N) is 2. The van der Waals surface area contributed by atoms with E-state index in [0.29, 0.717) is 11.4 Å². The number of hydrogen-bond donors (Lipinski definition) is 2. The molecule has 2 aromatic heterocycles. The molecule has 9 nitrogen and oxygen atoms in total. The number of methoxy groups -OCH3 is 1. The standard InChI is InChI=1S/C22H17F3N4O5/c1-11-18(28-20(33-11)19(26)30)16-10-29(21(31)27-12-3-5-13(32-2)6-4-12)17-8-7-14(9-15(16)17)34-22(23,24)25/h3-10H,1-2H3,(H2,26,30)(H,27,31). The lowest BCUT2D eigenvalue weighted by molar-refractivity contribution is -0.274. The molecule has 2 heterocycles. The minimum absolute atomic E-state index is 0.138. The van der Waals surface area contributed by atoms with Crippen molar-refractivity contribution in [3.8, 4) is 22.8 Å². The van der Waals surface area contributed by atoms with Crippen LogP contribution in [0.3, 0.4) is 0 Å². The fraction of sp³-hybridized carbons (Fsp3) is 0.136. The first-order valence-electron chi connectivity index (χ1n) is 9.69. The Hall–Kier alpha value is -4.48. The van der Waals surface area contributed by atoms with Gasteiger partial charge in [-0.25, -0.2) is 9.78 Å². The van der Waals surface area contributed by atoms with Crippen LogP contribution in [-0.4, -0.2) is 35.0 Å². The smallest absolute Gasteiger partial charge is 0.497 e. The number of aromatic nitrogens is 2. The number of benzene rings is 2. The topological polar surface area (TPSA) is 122 Å². The normalized spacial score (nSPS) is 11.4. The summed E-state index contributed by atoms with van der Waals surface area (Å²) in [5.41, 5.74) is 6.32. The lowest BCUT2D eigenvalue weighted by atomic mass is 10.1. The second kappa shape index (κ2) is 8.46. The molecular formula is C22H17F3N4O5. The Morgan fingerprint density at radius 3 is 2.38 bits per heavy atom. The van der Waals surface area contributed by atoms with Crippen molar-refractivity contribution < 1.29 is 36.7 Å². The summed E-state index contributed by atoms with van der Waals surface area (Å²) in [7, 11) is 1.51. The summed E-state index contributed by atoms with van der Waals surface area (Å²) in [5, 5.41) is 2.90. The maximum Gasteiger partial charge on any atom is 0.573 e. The number of alkyl halides is 3. The first-order valence-corrected chi connectivity index (χ1v) is 9.69. The highest BCUT2D eigenvalue weighted by atomic mass is 19.4. The van der Waals surface area contributed by atoms with Crippen LogP contribution in [0.25, 0.3) is 22.2 Å². The third kappa shape index (κ3) is 4.51. The Bertz CT molecular complexity index is 1390. The number of carbonyl (C=O) groups is 2. The van der Waals surface area contributed by atoms with Crippen LogP contribution < -0.4 is 20.5 Å². The molecule has 0 aliphatic carbocycles. The third-order valence-corrected chi connectivity index (χ3v) is 4.83. The zero-order chi connectivity index (χ0) is 24.6. The third-order valence-electron chi connectivity index (χ3n) is 4.83. The van der Waals surface area contributed by atoms with Crippen molar-refractivity contribution in [3.05, 3.63) is 60.3 Å². The number of hydrogen-bond acceptors (Lipinski definition) is 6. The van der Waals surface area contributed by atoms with Crippen molar-refractivity contribution in [2.75, 3.05) is 12.4 Å². The quantitative estimate of drug-likeness (QED) is 0.433. The maximum atomic E-state index is 13.0. The average Bonchev–Trinajstić information content (AvgIpc) is 3.33. The molecule has 0 saturated heterocycles. The number of aryl methyl sites for hydroxylation is 1. The molecule has 176 valence electrons. The van der Waals surface area contributed by atoms with Crippen LogP contribution in [-0.2, 0) is 0 Å². The summed E-state index contributed by atoms with van der Waals surface area (Å²) >= 11 is 0. The number of anilines is 1.